The Hall–Kier alpha value is -2.58. The molecule has 0 fully saturated rings. The largest absolute Gasteiger partial charge is 0.323 e. The van der Waals surface area contributed by atoms with Crippen LogP contribution in [0.15, 0.2) is 48.5 Å². The Kier molecular flexibility index (Phi) is 3.71. The number of hydrogen-bond donors (Lipinski definition) is 2. The average Bonchev–Trinajstić information content (AvgIpc) is 3.20. The van der Waals surface area contributed by atoms with Gasteiger partial charge in [0.15, 0.2) is 5.82 Å². The van der Waals surface area contributed by atoms with Gasteiger partial charge in [0.2, 0.25) is 5.91 Å². The summed E-state index contributed by atoms with van der Waals surface area (Å²) < 4.78 is 1.53. The van der Waals surface area contributed by atoms with E-state index in [4.69, 9.17) is 5.73 Å². The first kappa shape index (κ1) is 13.4. The van der Waals surface area contributed by atoms with Crippen LogP contribution < -0.4 is 11.1 Å². The van der Waals surface area contributed by atoms with Crippen molar-refractivity contribution in [3.63, 3.8) is 0 Å². The molecule has 0 saturated carbocycles. The number of rotatable bonds is 4. The SMILES string of the molecule is NC(C(=O)Nc1ccc(-n2cncn2)nc1)c1cccs1. The molecule has 0 aromatic carbocycles. The Morgan fingerprint density at radius 2 is 2.29 bits per heavy atom. The van der Waals surface area contributed by atoms with Crippen molar-refractivity contribution in [1.82, 2.24) is 19.7 Å². The first-order chi connectivity index (χ1) is 10.2. The third kappa shape index (κ3) is 2.96. The van der Waals surface area contributed by atoms with Crippen LogP contribution >= 0.6 is 11.3 Å². The molecule has 106 valence electrons. The number of nitrogens with one attached hydrogen (secondary N) is 1. The fourth-order valence-corrected chi connectivity index (χ4v) is 2.46. The van der Waals surface area contributed by atoms with E-state index in [1.54, 1.807) is 24.7 Å². The fourth-order valence-electron chi connectivity index (χ4n) is 1.74. The molecule has 1 amide bonds. The summed E-state index contributed by atoms with van der Waals surface area (Å²) >= 11 is 1.45. The van der Waals surface area contributed by atoms with Gasteiger partial charge in [0.05, 0.1) is 11.9 Å². The van der Waals surface area contributed by atoms with Crippen molar-refractivity contribution in [2.24, 2.45) is 5.73 Å². The molecule has 0 aliphatic heterocycles. The number of thiophene rings is 1. The van der Waals surface area contributed by atoms with E-state index in [0.29, 0.717) is 11.5 Å². The number of nitrogens with two attached hydrogens (primary N) is 1. The molecule has 3 N–H and O–H groups in total. The minimum atomic E-state index is -0.681. The van der Waals surface area contributed by atoms with Gasteiger partial charge in [0.1, 0.15) is 18.7 Å². The maximum atomic E-state index is 12.0. The molecular weight excluding hydrogens is 288 g/mol. The number of carbonyl (C=O) groups is 1. The van der Waals surface area contributed by atoms with Crippen molar-refractivity contribution in [2.45, 2.75) is 6.04 Å². The van der Waals surface area contributed by atoms with Crippen LogP contribution in [0.4, 0.5) is 5.69 Å². The molecule has 21 heavy (non-hydrogen) atoms. The van der Waals surface area contributed by atoms with Gasteiger partial charge >= 0.3 is 0 Å². The smallest absolute Gasteiger partial charge is 0.246 e. The highest BCUT2D eigenvalue weighted by atomic mass is 32.1. The molecule has 3 heterocycles. The van der Waals surface area contributed by atoms with Gasteiger partial charge in [-0.05, 0) is 23.6 Å². The number of carbonyl (C=O) groups excluding carboxylic acids is 1. The Morgan fingerprint density at radius 1 is 1.38 bits per heavy atom. The molecule has 0 radical (unpaired) electrons. The number of aromatic nitrogens is 4. The van der Waals surface area contributed by atoms with Crippen molar-refractivity contribution in [2.75, 3.05) is 5.32 Å². The van der Waals surface area contributed by atoms with E-state index in [1.165, 1.54) is 22.3 Å². The monoisotopic (exact) mass is 300 g/mol. The molecule has 0 spiro atoms. The lowest BCUT2D eigenvalue weighted by Gasteiger charge is -2.10. The number of nitrogens with zero attached hydrogens (tertiary/aromatic N) is 4. The van der Waals surface area contributed by atoms with E-state index >= 15 is 0 Å². The molecule has 0 aliphatic rings. The summed E-state index contributed by atoms with van der Waals surface area (Å²) in [7, 11) is 0. The van der Waals surface area contributed by atoms with Crippen LogP contribution in [0.5, 0.6) is 0 Å². The van der Waals surface area contributed by atoms with Gasteiger partial charge in [0.25, 0.3) is 0 Å². The lowest BCUT2D eigenvalue weighted by Crippen LogP contribution is -2.27. The highest BCUT2D eigenvalue weighted by molar-refractivity contribution is 7.10. The van der Waals surface area contributed by atoms with E-state index in [1.807, 2.05) is 17.5 Å². The Labute approximate surface area is 124 Å². The van der Waals surface area contributed by atoms with Crippen LogP contribution in [0.3, 0.4) is 0 Å². The number of pyridine rings is 1. The van der Waals surface area contributed by atoms with Gasteiger partial charge in [0, 0.05) is 4.88 Å². The number of anilines is 1. The van der Waals surface area contributed by atoms with Crippen LogP contribution in [-0.2, 0) is 4.79 Å². The van der Waals surface area contributed by atoms with Gasteiger partial charge in [-0.2, -0.15) is 5.10 Å². The van der Waals surface area contributed by atoms with Crippen LogP contribution in [0.1, 0.15) is 10.9 Å². The van der Waals surface area contributed by atoms with E-state index in [0.717, 1.165) is 4.88 Å². The molecule has 1 atom stereocenters. The molecule has 3 aromatic rings. The second-order valence-electron chi connectivity index (χ2n) is 4.23. The predicted molar refractivity (Wildman–Crippen MR) is 79.0 cm³/mol. The predicted octanol–water partition coefficient (Wildman–Crippen LogP) is 1.36. The summed E-state index contributed by atoms with van der Waals surface area (Å²) in [4.78, 5) is 20.9. The minimum Gasteiger partial charge on any atom is -0.323 e. The van der Waals surface area contributed by atoms with E-state index in [9.17, 15) is 4.79 Å². The van der Waals surface area contributed by atoms with Crippen molar-refractivity contribution in [3.05, 3.63) is 53.4 Å². The summed E-state index contributed by atoms with van der Waals surface area (Å²) in [5.41, 5.74) is 6.47. The molecule has 1 unspecified atom stereocenters. The quantitative estimate of drug-likeness (QED) is 0.758. The Bertz CT molecular complexity index is 708. The highest BCUT2D eigenvalue weighted by Gasteiger charge is 2.16. The summed E-state index contributed by atoms with van der Waals surface area (Å²) in [5.74, 6) is 0.348. The fraction of sp³-hybridized carbons (Fsp3) is 0.0769. The van der Waals surface area contributed by atoms with Crippen LogP contribution in [0.2, 0.25) is 0 Å². The van der Waals surface area contributed by atoms with Crippen molar-refractivity contribution < 1.29 is 4.79 Å². The van der Waals surface area contributed by atoms with E-state index in [-0.39, 0.29) is 5.91 Å². The van der Waals surface area contributed by atoms with Crippen molar-refractivity contribution >= 4 is 22.9 Å². The van der Waals surface area contributed by atoms with Crippen LogP contribution in [-0.4, -0.2) is 25.7 Å². The zero-order valence-corrected chi connectivity index (χ0v) is 11.7. The van der Waals surface area contributed by atoms with E-state index < -0.39 is 6.04 Å². The second kappa shape index (κ2) is 5.81. The van der Waals surface area contributed by atoms with Crippen molar-refractivity contribution in [3.8, 4) is 5.82 Å². The van der Waals surface area contributed by atoms with Crippen LogP contribution in [0.25, 0.3) is 5.82 Å². The van der Waals surface area contributed by atoms with Gasteiger partial charge in [-0.15, -0.1) is 11.3 Å². The zero-order valence-electron chi connectivity index (χ0n) is 10.9. The average molecular weight is 300 g/mol. The summed E-state index contributed by atoms with van der Waals surface area (Å²) in [6.45, 7) is 0. The maximum Gasteiger partial charge on any atom is 0.246 e. The highest BCUT2D eigenvalue weighted by Crippen LogP contribution is 2.18. The third-order valence-corrected chi connectivity index (χ3v) is 3.76. The zero-order chi connectivity index (χ0) is 14.7. The second-order valence-corrected chi connectivity index (χ2v) is 5.21. The van der Waals surface area contributed by atoms with E-state index in [2.05, 4.69) is 20.4 Å². The standard InChI is InChI=1S/C13H12N6OS/c14-12(10-2-1-5-21-10)13(20)18-9-3-4-11(16-6-9)19-8-15-7-17-19/h1-8,12H,14H2,(H,18,20). The minimum absolute atomic E-state index is 0.271. The normalized spacial score (nSPS) is 12.0. The first-order valence-electron chi connectivity index (χ1n) is 6.15. The number of hydrogen-bond acceptors (Lipinski definition) is 6. The first-order valence-corrected chi connectivity index (χ1v) is 7.03. The third-order valence-electron chi connectivity index (χ3n) is 2.80. The topological polar surface area (TPSA) is 98.7 Å². The molecule has 8 heteroatoms. The summed E-state index contributed by atoms with van der Waals surface area (Å²) in [6, 6.07) is 6.49. The summed E-state index contributed by atoms with van der Waals surface area (Å²) in [6.07, 6.45) is 4.53. The van der Waals surface area contributed by atoms with Gasteiger partial charge in [-0.25, -0.2) is 14.6 Å². The molecule has 3 aromatic heterocycles. The molecule has 0 bridgehead atoms. The summed E-state index contributed by atoms with van der Waals surface area (Å²) in [5, 5.41) is 8.60. The molecule has 7 nitrogen and oxygen atoms in total. The van der Waals surface area contributed by atoms with Gasteiger partial charge in [-0.3, -0.25) is 4.79 Å². The maximum absolute atomic E-state index is 12.0. The van der Waals surface area contributed by atoms with Gasteiger partial charge in [-0.1, -0.05) is 6.07 Å². The number of amides is 1. The van der Waals surface area contributed by atoms with Crippen molar-refractivity contribution in [1.29, 1.82) is 0 Å². The molecular formula is C13H12N6OS. The molecule has 0 aliphatic carbocycles. The van der Waals surface area contributed by atoms with Gasteiger partial charge < -0.3 is 11.1 Å². The Balaban J connectivity index is 1.69. The lowest BCUT2D eigenvalue weighted by molar-refractivity contribution is -0.117. The molecule has 3 rings (SSSR count). The molecule has 0 saturated heterocycles. The lowest BCUT2D eigenvalue weighted by atomic mass is 10.2. The Morgan fingerprint density at radius 3 is 2.90 bits per heavy atom. The van der Waals surface area contributed by atoms with Crippen LogP contribution in [0, 0.1) is 0 Å².